The number of thioether (sulfide) groups is 1. The van der Waals surface area contributed by atoms with Crippen LogP contribution in [0, 0.1) is 17.8 Å². The number of ether oxygens (including phenoxy) is 3. The third kappa shape index (κ3) is 22.2. The van der Waals surface area contributed by atoms with E-state index in [9.17, 15) is 73.5 Å². The van der Waals surface area contributed by atoms with Crippen molar-refractivity contribution in [1.29, 1.82) is 0 Å². The minimum absolute atomic E-state index is 0.00838. The van der Waals surface area contributed by atoms with E-state index in [1.807, 2.05) is 6.92 Å². The summed E-state index contributed by atoms with van der Waals surface area (Å²) in [5.41, 5.74) is -1.39. The highest BCUT2D eigenvalue weighted by molar-refractivity contribution is 8.14. The van der Waals surface area contributed by atoms with E-state index in [0.717, 1.165) is 63.3 Å². The number of rotatable bonds is 18. The lowest BCUT2D eigenvalue weighted by atomic mass is 9.80. The molecule has 38 nitrogen and oxygen atoms in total. The number of allylic oxidation sites excluding steroid dienone is 2. The molecule has 5 aromatic heterocycles. The molecule has 0 saturated heterocycles. The molecule has 123 heavy (non-hydrogen) atoms. The molecule has 0 aromatic carbocycles. The van der Waals surface area contributed by atoms with E-state index >= 15 is 14.4 Å². The number of nitrogens with one attached hydrogen (secondary N) is 9. The Kier molecular flexibility index (Phi) is 31.4. The summed E-state index contributed by atoms with van der Waals surface area (Å²) in [7, 11) is 1.43. The quantitative estimate of drug-likeness (QED) is 0.0341. The van der Waals surface area contributed by atoms with Gasteiger partial charge in [-0.3, -0.25) is 72.8 Å². The van der Waals surface area contributed by atoms with Crippen LogP contribution >= 0.6 is 57.1 Å². The monoisotopic (exact) mass is 1790 g/mol. The van der Waals surface area contributed by atoms with Gasteiger partial charge in [-0.15, -0.1) is 57.1 Å². The molecular formula is C80H97N17O21S5. The van der Waals surface area contributed by atoms with Gasteiger partial charge in [-0.2, -0.15) is 0 Å². The highest BCUT2D eigenvalue weighted by atomic mass is 32.2. The highest BCUT2D eigenvalue weighted by Gasteiger charge is 2.51. The maximum absolute atomic E-state index is 15.6. The predicted molar refractivity (Wildman–Crippen MR) is 452 cm³/mol. The second kappa shape index (κ2) is 40.8. The Bertz CT molecular complexity index is 5160. The van der Waals surface area contributed by atoms with Gasteiger partial charge in [0.1, 0.15) is 97.1 Å². The number of hydrogen-bond acceptors (Lipinski definition) is 34. The number of pyridine rings is 1. The van der Waals surface area contributed by atoms with Gasteiger partial charge < -0.3 is 88.0 Å². The zero-order chi connectivity index (χ0) is 90.0. The molecule has 0 spiro atoms. The van der Waals surface area contributed by atoms with E-state index in [2.05, 4.69) is 81.0 Å². The number of hydrogen-bond donors (Lipinski definition) is 15. The number of cyclic esters (lactones) is 1. The van der Waals surface area contributed by atoms with Crippen LogP contribution in [0.1, 0.15) is 222 Å². The fourth-order valence-corrected chi connectivity index (χ4v) is 18.6. The summed E-state index contributed by atoms with van der Waals surface area (Å²) in [5.74, 6) is -15.7. The van der Waals surface area contributed by atoms with Crippen LogP contribution in [0.3, 0.4) is 0 Å². The summed E-state index contributed by atoms with van der Waals surface area (Å²) >= 11 is 4.53. The smallest absolute Gasteiger partial charge is 0.357 e. The average molecular weight is 1790 g/mol. The molecule has 17 atom stereocenters. The molecule has 0 fully saturated rings. The van der Waals surface area contributed by atoms with Crippen LogP contribution in [-0.2, 0) is 62.9 Å². The van der Waals surface area contributed by atoms with Crippen molar-refractivity contribution in [3.8, 4) is 0 Å². The molecule has 9 amide bonds. The van der Waals surface area contributed by atoms with E-state index in [1.54, 1.807) is 26.0 Å². The van der Waals surface area contributed by atoms with Gasteiger partial charge in [0.25, 0.3) is 29.5 Å². The number of Topliss-reactive ketones (excluding diaryl/α,β-unsaturated/α-hetero) is 3. The van der Waals surface area contributed by atoms with Crippen LogP contribution < -0.4 is 53.6 Å². The first-order valence-corrected chi connectivity index (χ1v) is 43.6. The molecule has 9 heterocycles. The van der Waals surface area contributed by atoms with Crippen molar-refractivity contribution >= 4 is 150 Å². The molecular weight excluding hydrogens is 1700 g/mol. The van der Waals surface area contributed by atoms with Gasteiger partial charge in [-0.05, 0) is 71.9 Å². The normalized spacial score (nSPS) is 26.1. The lowest BCUT2D eigenvalue weighted by Crippen LogP contribution is -2.54. The first-order chi connectivity index (χ1) is 58.2. The number of carbonyl (C=O) groups is 13. The number of methoxy groups -OCH3 is 1. The molecule has 5 aliphatic rings. The van der Waals surface area contributed by atoms with Gasteiger partial charge in [0.05, 0.1) is 88.4 Å². The summed E-state index contributed by atoms with van der Waals surface area (Å²) < 4.78 is 16.4. The Hall–Kier alpha value is -10.5. The van der Waals surface area contributed by atoms with E-state index in [4.69, 9.17) is 34.9 Å². The van der Waals surface area contributed by atoms with E-state index in [0.29, 0.717) is 6.42 Å². The van der Waals surface area contributed by atoms with Crippen LogP contribution in [-0.4, -0.2) is 218 Å². The number of esters is 1. The number of amides is 9. The second-order valence-electron chi connectivity index (χ2n) is 30.4. The first-order valence-electron chi connectivity index (χ1n) is 39.1. The molecule has 0 radical (unpaired) electrons. The molecule has 17 unspecified atom stereocenters. The molecule has 43 heteroatoms. The molecule has 658 valence electrons. The fourth-order valence-electron chi connectivity index (χ4n) is 13.6. The predicted octanol–water partition coefficient (Wildman–Crippen LogP) is 2.95. The van der Waals surface area contributed by atoms with Crippen LogP contribution in [0.4, 0.5) is 0 Å². The van der Waals surface area contributed by atoms with E-state index in [1.165, 1.54) is 89.2 Å². The van der Waals surface area contributed by atoms with Crippen molar-refractivity contribution in [3.63, 3.8) is 0 Å². The SMILES string of the molecule is C=C1NC(=O)C(C)CC(=O)C(C(C)CC)NC2C=Cc3c(C(C)O)cc(nc3C2O)C(=O)OC(C)C2NC(=O)c3csc(n3)C(C(C)(O)C(C)O)CC(=O)C3CSC(=N3)/C(=C/C)NC(=O)C(C(C)O)NC(=O)c3csc(n3)C3(CCC(c4nc(C(=O)NC(=C)C(=O)NC(=CNC(=O)COCCOC)C(N)=O)cs4)=NC3c3csc2n3)NC(=O)C(C)CC1=O. The number of aliphatic hydroxyl groups excluding tert-OH is 4. The summed E-state index contributed by atoms with van der Waals surface area (Å²) in [6.45, 7) is 22.0. The molecule has 16 N–H and O–H groups in total. The van der Waals surface area contributed by atoms with Gasteiger partial charge >= 0.3 is 5.97 Å². The molecule has 4 aliphatic heterocycles. The Morgan fingerprint density at radius 1 is 0.813 bits per heavy atom. The van der Waals surface area contributed by atoms with E-state index in [-0.39, 0.29) is 114 Å². The van der Waals surface area contributed by atoms with Gasteiger partial charge in [-0.25, -0.2) is 29.7 Å². The third-order valence-electron chi connectivity index (χ3n) is 21.4. The van der Waals surface area contributed by atoms with Crippen molar-refractivity contribution in [2.24, 2.45) is 33.5 Å². The summed E-state index contributed by atoms with van der Waals surface area (Å²) in [6, 6.07) is -6.80. The fraction of sp³-hybridized carbons (Fsp3) is 0.475. The summed E-state index contributed by atoms with van der Waals surface area (Å²) in [4.78, 5) is 219. The van der Waals surface area contributed by atoms with Crippen LogP contribution in [0.2, 0.25) is 0 Å². The number of aliphatic imine (C=N–C) groups is 2. The van der Waals surface area contributed by atoms with Crippen molar-refractivity contribution < 1.29 is 102 Å². The highest BCUT2D eigenvalue weighted by Crippen LogP contribution is 2.48. The van der Waals surface area contributed by atoms with Gasteiger partial charge in [0, 0.05) is 83.2 Å². The van der Waals surface area contributed by atoms with Crippen LogP contribution in [0.15, 0.2) is 91.9 Å². The number of carbonyl (C=O) groups excluding carboxylic acids is 13. The number of nitrogens with two attached hydrogens (primary N) is 1. The van der Waals surface area contributed by atoms with E-state index < -0.39 is 220 Å². The lowest BCUT2D eigenvalue weighted by molar-refractivity contribution is -0.131. The maximum Gasteiger partial charge on any atom is 0.357 e. The number of aromatic nitrogens is 5. The molecule has 13 bridgehead atoms. The van der Waals surface area contributed by atoms with Gasteiger partial charge in [0.2, 0.25) is 23.6 Å². The lowest BCUT2D eigenvalue weighted by Gasteiger charge is -2.41. The van der Waals surface area contributed by atoms with Crippen molar-refractivity contribution in [3.05, 3.63) is 147 Å². The van der Waals surface area contributed by atoms with Crippen molar-refractivity contribution in [2.75, 3.05) is 32.7 Å². The Labute approximate surface area is 725 Å². The Morgan fingerprint density at radius 2 is 1.51 bits per heavy atom. The van der Waals surface area contributed by atoms with Crippen molar-refractivity contribution in [1.82, 2.24) is 72.8 Å². The number of primary amides is 1. The van der Waals surface area contributed by atoms with Crippen molar-refractivity contribution in [2.45, 2.75) is 192 Å². The molecule has 1 aliphatic carbocycles. The van der Waals surface area contributed by atoms with Gasteiger partial charge in [0.15, 0.2) is 17.3 Å². The minimum Gasteiger partial charge on any atom is -0.455 e. The second-order valence-corrected chi connectivity index (χ2v) is 35.0. The third-order valence-corrected chi connectivity index (χ3v) is 26.2. The largest absolute Gasteiger partial charge is 0.455 e. The number of thiazole rings is 4. The van der Waals surface area contributed by atoms with Crippen LogP contribution in [0.5, 0.6) is 0 Å². The molecule has 5 aromatic rings. The Balaban J connectivity index is 1.14. The standard InChI is InChI=1S/C80H97N17O21S5/c1-14-33(3)59-57(103)23-34(4)66(107)83-36(6)55(101)22-35(5)67(108)97-80-19-18-47(75-93-52(31-121-75)69(110)84-37(7)68(109)89-49(65(81)106)26-82-58(104)27-117-21-20-116-13)87-64(80)51-29-122-76(91-51)61(40(10)118-77(114)48-24-43(38(8)98)42-16-17-46(85-59)63(105)62(42)86-48)96-70(111)53-30-119-73(92-53)44(79(12,115)41(11)100)25-56(102)50-28-120-74(90-50)45(15-2)88-72(113)60(39(9)99)95-71(112)54-32-123-78(80)94-54/h15-17,24,26,29-35,38-41,44,46,50,59-61,63-64,85,98-100,105,115H,6-7,14,18-23,25,27-28H2,1-5,8-13H3,(H2,81,106)(H,82,104)(H,83,107)(H,84,110)(H,88,113)(H,89,109)(H,95,112)(H,96,111)(H,97,108)/b45-15-,49-26?. The van der Waals surface area contributed by atoms with Crippen LogP contribution in [0.25, 0.3) is 6.08 Å². The number of nitrogens with zero attached hydrogens (tertiary/aromatic N) is 7. The topological polar surface area (TPSA) is 574 Å². The first kappa shape index (κ1) is 94.7. The number of aliphatic hydroxyl groups is 5. The Morgan fingerprint density at radius 3 is 2.20 bits per heavy atom. The average Bonchev–Trinajstić information content (AvgIpc) is 1.66. The summed E-state index contributed by atoms with van der Waals surface area (Å²) in [6.07, 6.45) is -3.68. The maximum atomic E-state index is 15.6. The van der Waals surface area contributed by atoms with Gasteiger partial charge in [-0.1, -0.05) is 65.5 Å². The zero-order valence-electron chi connectivity index (χ0n) is 68.9. The number of ketones is 3. The minimum atomic E-state index is -2.11. The molecule has 10 rings (SSSR count). The molecule has 0 saturated carbocycles. The summed E-state index contributed by atoms with van der Waals surface area (Å²) in [5, 5.41) is 87.6. The zero-order valence-corrected chi connectivity index (χ0v) is 72.9. The number of fused-ring (bicyclic) bond motifs is 7.